The number of hydrogen-bond donors (Lipinski definition) is 1. The largest absolute Gasteiger partial charge is 0.480 e. The van der Waals surface area contributed by atoms with Crippen molar-refractivity contribution < 1.29 is 14.3 Å². The van der Waals surface area contributed by atoms with Gasteiger partial charge in [-0.05, 0) is 24.3 Å². The Hall–Kier alpha value is -1.33. The minimum Gasteiger partial charge on any atom is -0.480 e. The second-order valence-electron chi connectivity index (χ2n) is 4.57. The highest BCUT2D eigenvalue weighted by molar-refractivity contribution is 6.29. The summed E-state index contributed by atoms with van der Waals surface area (Å²) in [6, 6.07) is 6.40. The number of benzene rings is 1. The van der Waals surface area contributed by atoms with Crippen LogP contribution in [0.4, 0.5) is 10.1 Å². The number of hydrogen-bond acceptors (Lipinski definition) is 3. The first-order valence-electron chi connectivity index (χ1n) is 6.16. The molecule has 19 heavy (non-hydrogen) atoms. The zero-order chi connectivity index (χ0) is 13.8. The van der Waals surface area contributed by atoms with Crippen molar-refractivity contribution in [3.8, 4) is 0 Å². The van der Waals surface area contributed by atoms with Gasteiger partial charge in [-0.15, -0.1) is 11.6 Å². The molecule has 0 saturated carbocycles. The summed E-state index contributed by atoms with van der Waals surface area (Å²) in [7, 11) is 0. The number of carboxylic acid groups (broad SMARTS) is 1. The lowest BCUT2D eigenvalue weighted by molar-refractivity contribution is -0.137. The molecule has 104 valence electrons. The molecule has 2 rings (SSSR count). The Morgan fingerprint density at radius 2 is 1.84 bits per heavy atom. The number of alkyl halides is 1. The molecule has 0 radical (unpaired) electrons. The molecule has 1 fully saturated rings. The number of carbonyl (C=O) groups is 1. The predicted molar refractivity (Wildman–Crippen MR) is 72.3 cm³/mol. The summed E-state index contributed by atoms with van der Waals surface area (Å²) in [6.07, 6.45) is 0. The van der Waals surface area contributed by atoms with Crippen molar-refractivity contribution >= 4 is 23.3 Å². The highest BCUT2D eigenvalue weighted by atomic mass is 35.5. The lowest BCUT2D eigenvalue weighted by atomic mass is 10.2. The van der Waals surface area contributed by atoms with Crippen LogP contribution in [0.1, 0.15) is 0 Å². The number of anilines is 1. The van der Waals surface area contributed by atoms with Crippen LogP contribution in [0.25, 0.3) is 0 Å². The average molecular weight is 287 g/mol. The van der Waals surface area contributed by atoms with Gasteiger partial charge in [0, 0.05) is 38.4 Å². The van der Waals surface area contributed by atoms with Crippen molar-refractivity contribution in [1.82, 2.24) is 4.90 Å². The van der Waals surface area contributed by atoms with Crippen LogP contribution in [0.3, 0.4) is 0 Å². The fourth-order valence-corrected chi connectivity index (χ4v) is 2.34. The summed E-state index contributed by atoms with van der Waals surface area (Å²) >= 11 is 5.72. The summed E-state index contributed by atoms with van der Waals surface area (Å²) in [5.41, 5.74) is 0.988. The van der Waals surface area contributed by atoms with Gasteiger partial charge in [-0.2, -0.15) is 0 Å². The molecule has 1 heterocycles. The van der Waals surface area contributed by atoms with E-state index < -0.39 is 11.3 Å². The summed E-state index contributed by atoms with van der Waals surface area (Å²) in [4.78, 5) is 14.9. The van der Waals surface area contributed by atoms with Gasteiger partial charge in [-0.25, -0.2) is 4.39 Å². The molecular formula is C13H16ClFN2O2. The van der Waals surface area contributed by atoms with Crippen LogP contribution in [0.2, 0.25) is 0 Å². The second-order valence-corrected chi connectivity index (χ2v) is 5.10. The lowest BCUT2D eigenvalue weighted by Gasteiger charge is -2.36. The molecule has 0 spiro atoms. The van der Waals surface area contributed by atoms with Gasteiger partial charge < -0.3 is 10.0 Å². The second kappa shape index (κ2) is 6.21. The Labute approximate surface area is 116 Å². The molecule has 6 heteroatoms. The first-order valence-corrected chi connectivity index (χ1v) is 6.59. The molecule has 0 bridgehead atoms. The minimum absolute atomic E-state index is 0.242. The van der Waals surface area contributed by atoms with E-state index in [9.17, 15) is 9.18 Å². The number of piperazine rings is 1. The van der Waals surface area contributed by atoms with Crippen molar-refractivity contribution in [3.05, 3.63) is 30.1 Å². The van der Waals surface area contributed by atoms with E-state index in [1.807, 2.05) is 4.90 Å². The Bertz CT molecular complexity index is 433. The van der Waals surface area contributed by atoms with E-state index in [1.54, 1.807) is 12.1 Å². The van der Waals surface area contributed by atoms with Gasteiger partial charge in [0.2, 0.25) is 0 Å². The summed E-state index contributed by atoms with van der Waals surface area (Å²) in [6.45, 7) is 3.44. The Morgan fingerprint density at radius 1 is 1.26 bits per heavy atom. The van der Waals surface area contributed by atoms with Crippen LogP contribution in [-0.2, 0) is 4.79 Å². The van der Waals surface area contributed by atoms with Gasteiger partial charge in [-0.1, -0.05) is 0 Å². The third kappa shape index (κ3) is 3.81. The van der Waals surface area contributed by atoms with Gasteiger partial charge >= 0.3 is 5.97 Å². The molecule has 1 aromatic rings. The summed E-state index contributed by atoms with van der Waals surface area (Å²) < 4.78 is 12.8. The van der Waals surface area contributed by atoms with E-state index in [-0.39, 0.29) is 5.82 Å². The molecule has 1 N–H and O–H groups in total. The molecular weight excluding hydrogens is 271 g/mol. The number of rotatable bonds is 4. The molecule has 1 saturated heterocycles. The Morgan fingerprint density at radius 3 is 2.37 bits per heavy atom. The fourth-order valence-electron chi connectivity index (χ4n) is 2.15. The minimum atomic E-state index is -0.984. The maximum Gasteiger partial charge on any atom is 0.322 e. The van der Waals surface area contributed by atoms with E-state index in [4.69, 9.17) is 16.7 Å². The first-order chi connectivity index (χ1) is 9.06. The third-order valence-corrected chi connectivity index (χ3v) is 3.58. The standard InChI is InChI=1S/C13H16ClFN2O2/c14-12(13(18)19)9-16-5-7-17(8-6-16)11-3-1-10(15)2-4-11/h1-4,12H,5-9H2,(H,18,19). The fraction of sp³-hybridized carbons (Fsp3) is 0.462. The van der Waals surface area contributed by atoms with Crippen LogP contribution in [0, 0.1) is 5.82 Å². The zero-order valence-corrected chi connectivity index (χ0v) is 11.2. The molecule has 4 nitrogen and oxygen atoms in total. The monoisotopic (exact) mass is 286 g/mol. The van der Waals surface area contributed by atoms with Gasteiger partial charge in [-0.3, -0.25) is 9.69 Å². The van der Waals surface area contributed by atoms with Crippen molar-refractivity contribution in [1.29, 1.82) is 0 Å². The van der Waals surface area contributed by atoms with Gasteiger partial charge in [0.15, 0.2) is 0 Å². The number of aliphatic carboxylic acids is 1. The Kier molecular flexibility index (Phi) is 4.61. The van der Waals surface area contributed by atoms with Crippen molar-refractivity contribution in [3.63, 3.8) is 0 Å². The van der Waals surface area contributed by atoms with Crippen LogP contribution in [0.15, 0.2) is 24.3 Å². The molecule has 1 atom stereocenters. The van der Waals surface area contributed by atoms with E-state index in [1.165, 1.54) is 12.1 Å². The van der Waals surface area contributed by atoms with E-state index in [0.29, 0.717) is 6.54 Å². The third-order valence-electron chi connectivity index (χ3n) is 3.25. The maximum atomic E-state index is 12.8. The topological polar surface area (TPSA) is 43.8 Å². The average Bonchev–Trinajstić information content (AvgIpc) is 2.40. The van der Waals surface area contributed by atoms with Crippen LogP contribution < -0.4 is 4.90 Å². The summed E-state index contributed by atoms with van der Waals surface area (Å²) in [5.74, 6) is -1.23. The van der Waals surface area contributed by atoms with Gasteiger partial charge in [0.05, 0.1) is 0 Å². The predicted octanol–water partition coefficient (Wildman–Crippen LogP) is 1.64. The quantitative estimate of drug-likeness (QED) is 0.855. The normalized spacial score (nSPS) is 18.3. The molecule has 1 aliphatic heterocycles. The molecule has 1 aliphatic rings. The first kappa shape index (κ1) is 14.1. The van der Waals surface area contributed by atoms with Crippen molar-refractivity contribution in [2.45, 2.75) is 5.38 Å². The number of nitrogens with zero attached hydrogens (tertiary/aromatic N) is 2. The zero-order valence-electron chi connectivity index (χ0n) is 10.4. The van der Waals surface area contributed by atoms with Crippen LogP contribution in [0.5, 0.6) is 0 Å². The number of carboxylic acids is 1. The SMILES string of the molecule is O=C(O)C(Cl)CN1CCN(c2ccc(F)cc2)CC1. The lowest BCUT2D eigenvalue weighted by Crippen LogP contribution is -2.48. The maximum absolute atomic E-state index is 12.8. The Balaban J connectivity index is 1.85. The highest BCUT2D eigenvalue weighted by Gasteiger charge is 2.22. The smallest absolute Gasteiger partial charge is 0.322 e. The van der Waals surface area contributed by atoms with E-state index >= 15 is 0 Å². The molecule has 1 unspecified atom stereocenters. The van der Waals surface area contributed by atoms with Crippen LogP contribution in [-0.4, -0.2) is 54.1 Å². The van der Waals surface area contributed by atoms with E-state index in [0.717, 1.165) is 31.9 Å². The van der Waals surface area contributed by atoms with Crippen molar-refractivity contribution in [2.24, 2.45) is 0 Å². The van der Waals surface area contributed by atoms with Gasteiger partial charge in [0.25, 0.3) is 0 Å². The molecule has 0 aliphatic carbocycles. The summed E-state index contributed by atoms with van der Waals surface area (Å²) in [5, 5.41) is 7.90. The van der Waals surface area contributed by atoms with Gasteiger partial charge in [0.1, 0.15) is 11.2 Å². The molecule has 0 amide bonds. The highest BCUT2D eigenvalue weighted by Crippen LogP contribution is 2.17. The molecule has 0 aromatic heterocycles. The number of halogens is 2. The molecule has 1 aromatic carbocycles. The van der Waals surface area contributed by atoms with E-state index in [2.05, 4.69) is 4.90 Å². The van der Waals surface area contributed by atoms with Crippen LogP contribution >= 0.6 is 11.6 Å². The van der Waals surface area contributed by atoms with Crippen molar-refractivity contribution in [2.75, 3.05) is 37.6 Å².